The van der Waals surface area contributed by atoms with E-state index in [1.54, 1.807) is 42.8 Å². The topological polar surface area (TPSA) is 113 Å². The molecule has 2 aromatic heterocycles. The number of aromatic nitrogens is 2. The first-order valence-electron chi connectivity index (χ1n) is 6.31. The van der Waals surface area contributed by atoms with E-state index in [4.69, 9.17) is 10.5 Å². The van der Waals surface area contributed by atoms with E-state index in [0.29, 0.717) is 11.4 Å². The summed E-state index contributed by atoms with van der Waals surface area (Å²) in [5.41, 5.74) is 5.25. The van der Waals surface area contributed by atoms with Crippen LogP contribution in [0.25, 0.3) is 5.65 Å². The van der Waals surface area contributed by atoms with Crippen LogP contribution in [0.2, 0.25) is 0 Å². The van der Waals surface area contributed by atoms with Crippen LogP contribution in [0.4, 0.5) is 0 Å². The van der Waals surface area contributed by atoms with Crippen molar-refractivity contribution >= 4 is 11.6 Å². The van der Waals surface area contributed by atoms with Crippen LogP contribution in [0.5, 0.6) is 5.75 Å². The van der Waals surface area contributed by atoms with Crippen LogP contribution in [-0.2, 0) is 11.2 Å². The SMILES string of the molecule is CC(C)(Cc1cnc2cc(OCC(N)=O)ccn12)[N+](=O)[O-]. The van der Waals surface area contributed by atoms with Crippen LogP contribution in [0, 0.1) is 10.1 Å². The number of nitrogens with zero attached hydrogens (tertiary/aromatic N) is 3. The number of carbonyl (C=O) groups excluding carboxylic acids is 1. The second-order valence-corrected chi connectivity index (χ2v) is 5.34. The lowest BCUT2D eigenvalue weighted by atomic mass is 10.00. The molecule has 8 heteroatoms. The molecule has 0 bridgehead atoms. The maximum Gasteiger partial charge on any atom is 0.255 e. The van der Waals surface area contributed by atoms with Gasteiger partial charge >= 0.3 is 0 Å². The molecule has 0 aliphatic carbocycles. The highest BCUT2D eigenvalue weighted by atomic mass is 16.6. The van der Waals surface area contributed by atoms with Crippen molar-refractivity contribution < 1.29 is 14.5 Å². The predicted octanol–water partition coefficient (Wildman–Crippen LogP) is 0.796. The fourth-order valence-electron chi connectivity index (χ4n) is 1.90. The minimum atomic E-state index is -1.07. The summed E-state index contributed by atoms with van der Waals surface area (Å²) in [5, 5.41) is 11.0. The molecule has 0 aliphatic heterocycles. The van der Waals surface area contributed by atoms with E-state index in [-0.39, 0.29) is 18.0 Å². The third-order valence-corrected chi connectivity index (χ3v) is 3.05. The molecule has 0 saturated heterocycles. The molecule has 0 aliphatic rings. The number of primary amides is 1. The quantitative estimate of drug-likeness (QED) is 0.625. The number of rotatable bonds is 6. The Morgan fingerprint density at radius 1 is 1.57 bits per heavy atom. The molecule has 2 heterocycles. The molecule has 2 rings (SSSR count). The van der Waals surface area contributed by atoms with Gasteiger partial charge < -0.3 is 14.9 Å². The molecule has 0 saturated carbocycles. The van der Waals surface area contributed by atoms with Gasteiger partial charge in [0.25, 0.3) is 5.91 Å². The Balaban J connectivity index is 2.25. The van der Waals surface area contributed by atoms with Crippen molar-refractivity contribution in [3.05, 3.63) is 40.3 Å². The summed E-state index contributed by atoms with van der Waals surface area (Å²) in [6, 6.07) is 3.30. The Morgan fingerprint density at radius 2 is 2.29 bits per heavy atom. The first kappa shape index (κ1) is 14.8. The van der Waals surface area contributed by atoms with Crippen LogP contribution in [0.1, 0.15) is 19.5 Å². The van der Waals surface area contributed by atoms with Crippen molar-refractivity contribution in [1.29, 1.82) is 0 Å². The zero-order chi connectivity index (χ0) is 15.6. The highest BCUT2D eigenvalue weighted by Crippen LogP contribution is 2.20. The number of fused-ring (bicyclic) bond motifs is 1. The number of amides is 1. The van der Waals surface area contributed by atoms with Crippen LogP contribution >= 0.6 is 0 Å². The van der Waals surface area contributed by atoms with Crippen LogP contribution in [-0.4, -0.2) is 32.4 Å². The average molecular weight is 292 g/mol. The van der Waals surface area contributed by atoms with Crippen LogP contribution in [0.3, 0.4) is 0 Å². The van der Waals surface area contributed by atoms with Gasteiger partial charge in [-0.25, -0.2) is 4.98 Å². The van der Waals surface area contributed by atoms with E-state index in [1.165, 1.54) is 0 Å². The summed E-state index contributed by atoms with van der Waals surface area (Å²) >= 11 is 0. The van der Waals surface area contributed by atoms with E-state index >= 15 is 0 Å². The Hall–Kier alpha value is -2.64. The van der Waals surface area contributed by atoms with Gasteiger partial charge in [-0.15, -0.1) is 0 Å². The second kappa shape index (κ2) is 5.39. The molecule has 0 atom stereocenters. The first-order valence-corrected chi connectivity index (χ1v) is 6.31. The van der Waals surface area contributed by atoms with E-state index in [1.807, 2.05) is 0 Å². The van der Waals surface area contributed by atoms with Gasteiger partial charge in [-0.2, -0.15) is 0 Å². The summed E-state index contributed by atoms with van der Waals surface area (Å²) in [4.78, 5) is 25.6. The fourth-order valence-corrected chi connectivity index (χ4v) is 1.90. The van der Waals surface area contributed by atoms with Gasteiger partial charge in [-0.1, -0.05) is 0 Å². The highest BCUT2D eigenvalue weighted by molar-refractivity contribution is 5.75. The molecule has 21 heavy (non-hydrogen) atoms. The van der Waals surface area contributed by atoms with Gasteiger partial charge in [0, 0.05) is 42.9 Å². The standard InChI is InChI=1S/C13H16N4O4/c1-13(2,17(19)20)6-9-7-15-12-5-10(3-4-16(9)12)21-8-11(14)18/h3-5,7H,6,8H2,1-2H3,(H2,14,18). The zero-order valence-electron chi connectivity index (χ0n) is 11.8. The minimum Gasteiger partial charge on any atom is -0.484 e. The summed E-state index contributed by atoms with van der Waals surface area (Å²) in [5.74, 6) is -0.0985. The lowest BCUT2D eigenvalue weighted by molar-refractivity contribution is -0.560. The Morgan fingerprint density at radius 3 is 2.90 bits per heavy atom. The normalized spacial score (nSPS) is 11.5. The van der Waals surface area contributed by atoms with Gasteiger partial charge in [-0.3, -0.25) is 14.9 Å². The lowest BCUT2D eigenvalue weighted by Crippen LogP contribution is -2.33. The summed E-state index contributed by atoms with van der Waals surface area (Å²) < 4.78 is 6.94. The number of ether oxygens (including phenoxy) is 1. The van der Waals surface area contributed by atoms with Crippen molar-refractivity contribution in [3.63, 3.8) is 0 Å². The van der Waals surface area contributed by atoms with Gasteiger partial charge in [0.2, 0.25) is 5.54 Å². The van der Waals surface area contributed by atoms with Crippen molar-refractivity contribution in [3.8, 4) is 5.75 Å². The summed E-state index contributed by atoms with van der Waals surface area (Å²) in [7, 11) is 0. The smallest absolute Gasteiger partial charge is 0.255 e. The molecule has 0 spiro atoms. The third kappa shape index (κ3) is 3.28. The number of carbonyl (C=O) groups is 1. The lowest BCUT2D eigenvalue weighted by Gasteiger charge is -2.15. The number of nitrogens with two attached hydrogens (primary N) is 1. The van der Waals surface area contributed by atoms with Crippen molar-refractivity contribution in [1.82, 2.24) is 9.38 Å². The Bertz CT molecular complexity index is 693. The number of imidazole rings is 1. The average Bonchev–Trinajstić information content (AvgIpc) is 2.78. The fraction of sp³-hybridized carbons (Fsp3) is 0.385. The monoisotopic (exact) mass is 292 g/mol. The number of pyridine rings is 1. The van der Waals surface area contributed by atoms with Crippen LogP contribution < -0.4 is 10.5 Å². The molecule has 0 radical (unpaired) electrons. The van der Waals surface area contributed by atoms with Crippen molar-refractivity contribution in [2.75, 3.05) is 6.61 Å². The molecular weight excluding hydrogens is 276 g/mol. The van der Waals surface area contributed by atoms with Gasteiger partial charge in [0.1, 0.15) is 11.4 Å². The van der Waals surface area contributed by atoms with E-state index in [9.17, 15) is 14.9 Å². The Kier molecular flexibility index (Phi) is 3.79. The molecule has 0 fully saturated rings. The molecule has 2 aromatic rings. The largest absolute Gasteiger partial charge is 0.484 e. The maximum atomic E-state index is 11.0. The van der Waals surface area contributed by atoms with Gasteiger partial charge in [-0.05, 0) is 6.07 Å². The second-order valence-electron chi connectivity index (χ2n) is 5.34. The number of nitro groups is 1. The summed E-state index contributed by atoms with van der Waals surface area (Å²) in [6.45, 7) is 2.92. The predicted molar refractivity (Wildman–Crippen MR) is 74.7 cm³/mol. The molecule has 8 nitrogen and oxygen atoms in total. The third-order valence-electron chi connectivity index (χ3n) is 3.05. The first-order chi connectivity index (χ1) is 9.79. The van der Waals surface area contributed by atoms with Gasteiger partial charge in [0.05, 0.1) is 6.42 Å². The van der Waals surface area contributed by atoms with E-state index < -0.39 is 11.4 Å². The molecule has 2 N–H and O–H groups in total. The van der Waals surface area contributed by atoms with Gasteiger partial charge in [0.15, 0.2) is 6.61 Å². The van der Waals surface area contributed by atoms with E-state index in [0.717, 1.165) is 5.69 Å². The molecule has 0 aromatic carbocycles. The Labute approximate surface area is 120 Å². The molecular formula is C13H16N4O4. The van der Waals surface area contributed by atoms with Crippen LogP contribution in [0.15, 0.2) is 24.5 Å². The van der Waals surface area contributed by atoms with E-state index in [2.05, 4.69) is 4.98 Å². The number of hydrogen-bond donors (Lipinski definition) is 1. The molecule has 112 valence electrons. The molecule has 0 unspecified atom stereocenters. The number of hydrogen-bond acceptors (Lipinski definition) is 5. The minimum absolute atomic E-state index is 0.210. The van der Waals surface area contributed by atoms with Crippen molar-refractivity contribution in [2.24, 2.45) is 5.73 Å². The molecule has 1 amide bonds. The zero-order valence-corrected chi connectivity index (χ0v) is 11.8. The summed E-state index contributed by atoms with van der Waals surface area (Å²) in [6.07, 6.45) is 3.55. The maximum absolute atomic E-state index is 11.0. The highest BCUT2D eigenvalue weighted by Gasteiger charge is 2.32. The van der Waals surface area contributed by atoms with Crippen molar-refractivity contribution in [2.45, 2.75) is 25.8 Å².